The molecule has 0 saturated heterocycles. The first-order valence-corrected chi connectivity index (χ1v) is 6.67. The van der Waals surface area contributed by atoms with E-state index < -0.39 is 18.2 Å². The molecule has 2 atom stereocenters. The van der Waals surface area contributed by atoms with Crippen LogP contribution in [0, 0.1) is 0 Å². The normalized spacial score (nSPS) is 13.8. The first kappa shape index (κ1) is 15.7. The van der Waals surface area contributed by atoms with Crippen LogP contribution in [-0.2, 0) is 16.0 Å². The molecule has 0 aliphatic heterocycles. The van der Waals surface area contributed by atoms with Crippen LogP contribution in [-0.4, -0.2) is 35.0 Å². The van der Waals surface area contributed by atoms with Gasteiger partial charge in [0.25, 0.3) is 0 Å². The number of aryl methyl sites for hydroxylation is 1. The molecule has 2 N–H and O–H groups in total. The third-order valence-corrected chi connectivity index (χ3v) is 2.86. The molecule has 4 heteroatoms. The summed E-state index contributed by atoms with van der Waals surface area (Å²) in [7, 11) is 0. The lowest BCUT2D eigenvalue weighted by Gasteiger charge is -2.15. The van der Waals surface area contributed by atoms with Crippen molar-refractivity contribution in [2.24, 2.45) is 0 Å². The van der Waals surface area contributed by atoms with Crippen LogP contribution in [0.25, 0.3) is 0 Å². The maximum Gasteiger partial charge on any atom is 0.308 e. The third-order valence-electron chi connectivity index (χ3n) is 2.86. The minimum atomic E-state index is -0.843. The number of carbonyl (C=O) groups is 1. The van der Waals surface area contributed by atoms with E-state index in [2.05, 4.69) is 0 Å². The number of carbonyl (C=O) groups excluding carboxylic acids is 1. The number of aliphatic hydroxyl groups is 2. The largest absolute Gasteiger partial charge is 0.466 e. The topological polar surface area (TPSA) is 66.8 Å². The lowest BCUT2D eigenvalue weighted by atomic mass is 10.0. The molecule has 0 aromatic heterocycles. The van der Waals surface area contributed by atoms with E-state index in [1.54, 1.807) is 6.92 Å². The van der Waals surface area contributed by atoms with Gasteiger partial charge in [0.05, 0.1) is 25.2 Å². The van der Waals surface area contributed by atoms with Gasteiger partial charge in [0.1, 0.15) is 0 Å². The van der Waals surface area contributed by atoms with Gasteiger partial charge in [0.15, 0.2) is 0 Å². The average Bonchev–Trinajstić information content (AvgIpc) is 2.37. The summed E-state index contributed by atoms with van der Waals surface area (Å²) in [5, 5.41) is 19.5. The van der Waals surface area contributed by atoms with Gasteiger partial charge in [-0.25, -0.2) is 0 Å². The van der Waals surface area contributed by atoms with Gasteiger partial charge in [-0.05, 0) is 31.7 Å². The second-order valence-electron chi connectivity index (χ2n) is 4.58. The Morgan fingerprint density at radius 1 is 1.21 bits per heavy atom. The number of hydrogen-bond acceptors (Lipinski definition) is 4. The first-order chi connectivity index (χ1) is 9.11. The Labute approximate surface area is 114 Å². The van der Waals surface area contributed by atoms with E-state index in [1.807, 2.05) is 30.3 Å². The Kier molecular flexibility index (Phi) is 7.15. The maximum absolute atomic E-state index is 11.2. The molecule has 1 aromatic rings. The molecular weight excluding hydrogens is 244 g/mol. The molecular formula is C15H22O4. The molecule has 0 amide bonds. The number of hydrogen-bond donors (Lipinski definition) is 2. The summed E-state index contributed by atoms with van der Waals surface area (Å²) in [4.78, 5) is 11.2. The minimum Gasteiger partial charge on any atom is -0.466 e. The molecule has 0 bridgehead atoms. The molecule has 1 rings (SSSR count). The molecule has 0 heterocycles. The molecule has 19 heavy (non-hydrogen) atoms. The van der Waals surface area contributed by atoms with Crippen LogP contribution in [0.2, 0.25) is 0 Å². The smallest absolute Gasteiger partial charge is 0.308 e. The van der Waals surface area contributed by atoms with Crippen LogP contribution in [0.1, 0.15) is 31.7 Å². The SMILES string of the molecule is CCOC(=O)C[C@H](O)C[C@@H](O)CCc1ccccc1. The van der Waals surface area contributed by atoms with Gasteiger partial charge >= 0.3 is 5.97 Å². The second-order valence-corrected chi connectivity index (χ2v) is 4.58. The average molecular weight is 266 g/mol. The van der Waals surface area contributed by atoms with Crippen LogP contribution in [0.15, 0.2) is 30.3 Å². The molecule has 0 saturated carbocycles. The van der Waals surface area contributed by atoms with Crippen molar-refractivity contribution in [3.63, 3.8) is 0 Å². The van der Waals surface area contributed by atoms with Gasteiger partial charge in [-0.15, -0.1) is 0 Å². The van der Waals surface area contributed by atoms with E-state index >= 15 is 0 Å². The fourth-order valence-electron chi connectivity index (χ4n) is 1.91. The minimum absolute atomic E-state index is 0.0593. The van der Waals surface area contributed by atoms with Crippen molar-refractivity contribution in [2.75, 3.05) is 6.61 Å². The predicted octanol–water partition coefficient (Wildman–Crippen LogP) is 1.68. The Morgan fingerprint density at radius 2 is 1.89 bits per heavy atom. The zero-order valence-electron chi connectivity index (χ0n) is 11.3. The van der Waals surface area contributed by atoms with Gasteiger partial charge in [-0.1, -0.05) is 30.3 Å². The summed E-state index contributed by atoms with van der Waals surface area (Å²) < 4.78 is 4.74. The Bertz CT molecular complexity index is 364. The molecule has 0 fully saturated rings. The summed E-state index contributed by atoms with van der Waals surface area (Å²) in [6.07, 6.45) is 0.0226. The number of rotatable bonds is 8. The van der Waals surface area contributed by atoms with Crippen molar-refractivity contribution in [1.29, 1.82) is 0 Å². The van der Waals surface area contributed by atoms with Gasteiger partial charge < -0.3 is 14.9 Å². The van der Waals surface area contributed by atoms with E-state index in [0.29, 0.717) is 13.0 Å². The summed E-state index contributed by atoms with van der Waals surface area (Å²) in [6.45, 7) is 2.03. The summed E-state index contributed by atoms with van der Waals surface area (Å²) in [5.41, 5.74) is 1.15. The highest BCUT2D eigenvalue weighted by atomic mass is 16.5. The monoisotopic (exact) mass is 266 g/mol. The molecule has 1 aromatic carbocycles. The zero-order chi connectivity index (χ0) is 14.1. The van der Waals surface area contributed by atoms with E-state index in [0.717, 1.165) is 12.0 Å². The lowest BCUT2D eigenvalue weighted by molar-refractivity contribution is -0.145. The standard InChI is InChI=1S/C15H22O4/c1-2-19-15(18)11-14(17)10-13(16)9-8-12-6-4-3-5-7-12/h3-7,13-14,16-17H,2,8-11H2,1H3/t13-,14+/m0/s1. The van der Waals surface area contributed by atoms with Crippen molar-refractivity contribution in [3.8, 4) is 0 Å². The number of ether oxygens (including phenoxy) is 1. The van der Waals surface area contributed by atoms with Crippen molar-refractivity contribution >= 4 is 5.97 Å². The van der Waals surface area contributed by atoms with Gasteiger partial charge in [0.2, 0.25) is 0 Å². The molecule has 106 valence electrons. The van der Waals surface area contributed by atoms with Crippen LogP contribution in [0.4, 0.5) is 0 Å². The van der Waals surface area contributed by atoms with Crippen LogP contribution in [0.3, 0.4) is 0 Å². The van der Waals surface area contributed by atoms with Crippen molar-refractivity contribution in [3.05, 3.63) is 35.9 Å². The molecule has 0 aliphatic rings. The highest BCUT2D eigenvalue weighted by molar-refractivity contribution is 5.69. The van der Waals surface area contributed by atoms with Gasteiger partial charge in [0, 0.05) is 0 Å². The van der Waals surface area contributed by atoms with E-state index in [9.17, 15) is 15.0 Å². The van der Waals surface area contributed by atoms with E-state index in [-0.39, 0.29) is 12.8 Å². The van der Waals surface area contributed by atoms with Gasteiger partial charge in [-0.3, -0.25) is 4.79 Å². The molecule has 4 nitrogen and oxygen atoms in total. The van der Waals surface area contributed by atoms with Crippen molar-refractivity contribution < 1.29 is 19.7 Å². The lowest BCUT2D eigenvalue weighted by Crippen LogP contribution is -2.22. The Hall–Kier alpha value is -1.39. The quantitative estimate of drug-likeness (QED) is 0.703. The molecule has 0 aliphatic carbocycles. The molecule has 0 radical (unpaired) electrons. The van der Waals surface area contributed by atoms with E-state index in [4.69, 9.17) is 4.74 Å². The van der Waals surface area contributed by atoms with Crippen molar-refractivity contribution in [2.45, 2.75) is 44.8 Å². The summed E-state index contributed by atoms with van der Waals surface area (Å²) in [6, 6.07) is 9.86. The zero-order valence-corrected chi connectivity index (χ0v) is 11.3. The van der Waals surface area contributed by atoms with Gasteiger partial charge in [-0.2, -0.15) is 0 Å². The summed E-state index contributed by atoms with van der Waals surface area (Å²) in [5.74, 6) is -0.426. The van der Waals surface area contributed by atoms with Crippen LogP contribution >= 0.6 is 0 Å². The summed E-state index contributed by atoms with van der Waals surface area (Å²) >= 11 is 0. The van der Waals surface area contributed by atoms with Crippen LogP contribution < -0.4 is 0 Å². The third kappa shape index (κ3) is 6.94. The predicted molar refractivity (Wildman–Crippen MR) is 72.6 cm³/mol. The maximum atomic E-state index is 11.2. The Balaban J connectivity index is 2.23. The fraction of sp³-hybridized carbons (Fsp3) is 0.533. The second kappa shape index (κ2) is 8.67. The van der Waals surface area contributed by atoms with Crippen LogP contribution in [0.5, 0.6) is 0 Å². The molecule has 0 unspecified atom stereocenters. The highest BCUT2D eigenvalue weighted by Gasteiger charge is 2.16. The fourth-order valence-corrected chi connectivity index (χ4v) is 1.91. The van der Waals surface area contributed by atoms with E-state index in [1.165, 1.54) is 0 Å². The van der Waals surface area contributed by atoms with Crippen molar-refractivity contribution in [1.82, 2.24) is 0 Å². The highest BCUT2D eigenvalue weighted by Crippen LogP contribution is 2.11. The number of esters is 1. The number of benzene rings is 1. The molecule has 0 spiro atoms. The first-order valence-electron chi connectivity index (χ1n) is 6.67. The Morgan fingerprint density at radius 3 is 2.53 bits per heavy atom. The number of aliphatic hydroxyl groups excluding tert-OH is 2.